The molecular formula is C11H12ClNO4. The standard InChI is InChI=1S/C11H12ClNO4/c1-15-9-5-4-7(6-8(9)12)10(13-17-3)11(14)16-2/h4-6H,1-3H3/b13-10+. The highest BCUT2D eigenvalue weighted by Gasteiger charge is 2.17. The van der Waals surface area contributed by atoms with Crippen molar-refractivity contribution in [2.75, 3.05) is 21.3 Å². The number of hydrogen-bond acceptors (Lipinski definition) is 5. The molecule has 0 spiro atoms. The van der Waals surface area contributed by atoms with Gasteiger partial charge in [0.15, 0.2) is 5.71 Å². The minimum absolute atomic E-state index is 0.0413. The maximum Gasteiger partial charge on any atom is 0.360 e. The van der Waals surface area contributed by atoms with Crippen molar-refractivity contribution in [3.05, 3.63) is 28.8 Å². The van der Waals surface area contributed by atoms with E-state index in [9.17, 15) is 4.79 Å². The average molecular weight is 258 g/mol. The lowest BCUT2D eigenvalue weighted by molar-refractivity contribution is -0.132. The van der Waals surface area contributed by atoms with Gasteiger partial charge in [-0.05, 0) is 18.2 Å². The summed E-state index contributed by atoms with van der Waals surface area (Å²) >= 11 is 5.95. The monoisotopic (exact) mass is 257 g/mol. The Morgan fingerprint density at radius 1 is 1.29 bits per heavy atom. The third-order valence-corrected chi connectivity index (χ3v) is 2.28. The molecule has 0 fully saturated rings. The van der Waals surface area contributed by atoms with Crippen molar-refractivity contribution in [1.29, 1.82) is 0 Å². The van der Waals surface area contributed by atoms with Crippen LogP contribution in [0.1, 0.15) is 5.56 Å². The van der Waals surface area contributed by atoms with Gasteiger partial charge in [-0.1, -0.05) is 16.8 Å². The number of nitrogens with zero attached hydrogens (tertiary/aromatic N) is 1. The predicted octanol–water partition coefficient (Wildman–Crippen LogP) is 1.87. The Labute approximate surface area is 104 Å². The normalized spacial score (nSPS) is 10.9. The molecule has 0 aliphatic rings. The van der Waals surface area contributed by atoms with Gasteiger partial charge in [0.2, 0.25) is 0 Å². The summed E-state index contributed by atoms with van der Waals surface area (Å²) in [6.45, 7) is 0. The lowest BCUT2D eigenvalue weighted by Gasteiger charge is -2.07. The molecule has 1 aromatic carbocycles. The highest BCUT2D eigenvalue weighted by Crippen LogP contribution is 2.25. The van der Waals surface area contributed by atoms with Crippen LogP contribution in [0.3, 0.4) is 0 Å². The number of esters is 1. The van der Waals surface area contributed by atoms with Crippen LogP contribution in [-0.2, 0) is 14.4 Å². The molecule has 5 nitrogen and oxygen atoms in total. The zero-order valence-corrected chi connectivity index (χ0v) is 10.4. The SMILES string of the molecule is CO/N=C(/C(=O)OC)c1ccc(OC)c(Cl)c1. The maximum absolute atomic E-state index is 11.5. The van der Waals surface area contributed by atoms with Gasteiger partial charge in [0.25, 0.3) is 0 Å². The van der Waals surface area contributed by atoms with E-state index in [0.29, 0.717) is 16.3 Å². The van der Waals surface area contributed by atoms with Crippen molar-refractivity contribution < 1.29 is 19.1 Å². The molecule has 92 valence electrons. The zero-order valence-electron chi connectivity index (χ0n) is 9.69. The minimum Gasteiger partial charge on any atom is -0.495 e. The maximum atomic E-state index is 11.5. The summed E-state index contributed by atoms with van der Waals surface area (Å²) in [5.41, 5.74) is 0.532. The van der Waals surface area contributed by atoms with Crippen LogP contribution >= 0.6 is 11.6 Å². The molecule has 1 aromatic rings. The van der Waals surface area contributed by atoms with E-state index < -0.39 is 5.97 Å². The van der Waals surface area contributed by atoms with Gasteiger partial charge in [-0.2, -0.15) is 0 Å². The topological polar surface area (TPSA) is 57.1 Å². The number of rotatable bonds is 4. The first-order chi connectivity index (χ1) is 8.13. The fraction of sp³-hybridized carbons (Fsp3) is 0.273. The van der Waals surface area contributed by atoms with E-state index in [1.807, 2.05) is 0 Å². The number of oxime groups is 1. The number of halogens is 1. The van der Waals surface area contributed by atoms with Crippen molar-refractivity contribution in [3.8, 4) is 5.75 Å². The van der Waals surface area contributed by atoms with Crippen LogP contribution < -0.4 is 4.74 Å². The first-order valence-corrected chi connectivity index (χ1v) is 5.05. The summed E-state index contributed by atoms with van der Waals surface area (Å²) in [6, 6.07) is 4.82. The molecule has 0 amide bonds. The molecule has 0 N–H and O–H groups in total. The van der Waals surface area contributed by atoms with E-state index in [0.717, 1.165) is 0 Å². The second-order valence-electron chi connectivity index (χ2n) is 2.96. The summed E-state index contributed by atoms with van der Waals surface area (Å²) < 4.78 is 9.60. The van der Waals surface area contributed by atoms with Crippen molar-refractivity contribution in [2.24, 2.45) is 5.16 Å². The van der Waals surface area contributed by atoms with Gasteiger partial charge in [0.1, 0.15) is 12.9 Å². The molecule has 0 saturated carbocycles. The van der Waals surface area contributed by atoms with Crippen LogP contribution in [0.2, 0.25) is 5.02 Å². The number of carbonyl (C=O) groups is 1. The summed E-state index contributed by atoms with van der Waals surface area (Å²) in [7, 11) is 4.11. The summed E-state index contributed by atoms with van der Waals surface area (Å²) in [6.07, 6.45) is 0. The minimum atomic E-state index is -0.604. The summed E-state index contributed by atoms with van der Waals surface area (Å²) in [4.78, 5) is 16.1. The Balaban J connectivity index is 3.16. The second-order valence-corrected chi connectivity index (χ2v) is 3.37. The number of hydrogen-bond donors (Lipinski definition) is 0. The first-order valence-electron chi connectivity index (χ1n) is 4.67. The quantitative estimate of drug-likeness (QED) is 0.469. The molecular weight excluding hydrogens is 246 g/mol. The van der Waals surface area contributed by atoms with Gasteiger partial charge in [0, 0.05) is 5.56 Å². The summed E-state index contributed by atoms with van der Waals surface area (Å²) in [5, 5.41) is 3.98. The van der Waals surface area contributed by atoms with Crippen molar-refractivity contribution >= 4 is 23.3 Å². The molecule has 0 aliphatic heterocycles. The smallest absolute Gasteiger partial charge is 0.360 e. The van der Waals surface area contributed by atoms with E-state index in [1.54, 1.807) is 18.2 Å². The Morgan fingerprint density at radius 3 is 2.47 bits per heavy atom. The third kappa shape index (κ3) is 3.10. The van der Waals surface area contributed by atoms with Crippen molar-refractivity contribution in [2.45, 2.75) is 0 Å². The largest absolute Gasteiger partial charge is 0.495 e. The fourth-order valence-electron chi connectivity index (χ4n) is 1.21. The Morgan fingerprint density at radius 2 is 2.00 bits per heavy atom. The molecule has 0 aromatic heterocycles. The lowest BCUT2D eigenvalue weighted by Crippen LogP contribution is -2.17. The number of ether oxygens (including phenoxy) is 2. The molecule has 0 unspecified atom stereocenters. The van der Waals surface area contributed by atoms with E-state index in [-0.39, 0.29) is 5.71 Å². The second kappa shape index (κ2) is 6.10. The van der Waals surface area contributed by atoms with E-state index in [2.05, 4.69) is 14.7 Å². The van der Waals surface area contributed by atoms with E-state index >= 15 is 0 Å². The lowest BCUT2D eigenvalue weighted by atomic mass is 10.1. The van der Waals surface area contributed by atoms with Crippen molar-refractivity contribution in [1.82, 2.24) is 0 Å². The van der Waals surface area contributed by atoms with Crippen molar-refractivity contribution in [3.63, 3.8) is 0 Å². The Hall–Kier alpha value is -1.75. The van der Waals surface area contributed by atoms with Crippen LogP contribution in [0.15, 0.2) is 23.4 Å². The third-order valence-electron chi connectivity index (χ3n) is 1.99. The molecule has 0 saturated heterocycles. The predicted molar refractivity (Wildman–Crippen MR) is 63.6 cm³/mol. The highest BCUT2D eigenvalue weighted by molar-refractivity contribution is 6.43. The van der Waals surface area contributed by atoms with Gasteiger partial charge in [0.05, 0.1) is 19.2 Å². The molecule has 0 radical (unpaired) electrons. The molecule has 0 atom stereocenters. The molecule has 0 heterocycles. The average Bonchev–Trinajstić information content (AvgIpc) is 2.35. The number of carbonyl (C=O) groups excluding carboxylic acids is 1. The summed E-state index contributed by atoms with van der Waals surface area (Å²) in [5.74, 6) is -0.0925. The molecule has 17 heavy (non-hydrogen) atoms. The molecule has 6 heteroatoms. The van der Waals surface area contributed by atoms with Gasteiger partial charge < -0.3 is 14.3 Å². The van der Waals surface area contributed by atoms with Gasteiger partial charge >= 0.3 is 5.97 Å². The van der Waals surface area contributed by atoms with Crippen LogP contribution in [-0.4, -0.2) is 33.0 Å². The number of methoxy groups -OCH3 is 2. The first kappa shape index (κ1) is 13.3. The Kier molecular flexibility index (Phi) is 4.78. The van der Waals surface area contributed by atoms with Crippen LogP contribution in [0, 0.1) is 0 Å². The van der Waals surface area contributed by atoms with Gasteiger partial charge in [-0.25, -0.2) is 4.79 Å². The van der Waals surface area contributed by atoms with Crippen LogP contribution in [0.4, 0.5) is 0 Å². The zero-order chi connectivity index (χ0) is 12.8. The number of benzene rings is 1. The molecule has 1 rings (SSSR count). The van der Waals surface area contributed by atoms with Crippen LogP contribution in [0.5, 0.6) is 5.75 Å². The van der Waals surface area contributed by atoms with Gasteiger partial charge in [-0.15, -0.1) is 0 Å². The molecule has 0 bridgehead atoms. The van der Waals surface area contributed by atoms with E-state index in [4.69, 9.17) is 16.3 Å². The van der Waals surface area contributed by atoms with E-state index in [1.165, 1.54) is 21.3 Å². The van der Waals surface area contributed by atoms with Crippen LogP contribution in [0.25, 0.3) is 0 Å². The van der Waals surface area contributed by atoms with Gasteiger partial charge in [-0.3, -0.25) is 0 Å². The fourth-order valence-corrected chi connectivity index (χ4v) is 1.47. The molecule has 0 aliphatic carbocycles. The highest BCUT2D eigenvalue weighted by atomic mass is 35.5. The Bertz CT molecular complexity index is 445.